The van der Waals surface area contributed by atoms with E-state index >= 15 is 0 Å². The summed E-state index contributed by atoms with van der Waals surface area (Å²) in [6, 6.07) is 4.17. The van der Waals surface area contributed by atoms with Gasteiger partial charge in [0.25, 0.3) is 0 Å². The molecule has 0 atom stereocenters. The zero-order chi connectivity index (χ0) is 17.9. The Morgan fingerprint density at radius 3 is 2.69 bits per heavy atom. The van der Waals surface area contributed by atoms with E-state index in [1.54, 1.807) is 7.11 Å². The second-order valence-corrected chi connectivity index (χ2v) is 7.15. The second-order valence-electron chi connectivity index (χ2n) is 6.30. The molecule has 1 aliphatic heterocycles. The number of unbranched alkanes of at least 4 members (excludes halogenated alkanes) is 1. The van der Waals surface area contributed by atoms with Crippen molar-refractivity contribution in [2.75, 3.05) is 53.1 Å². The first-order chi connectivity index (χ1) is 12.2. The van der Waals surface area contributed by atoms with Crippen molar-refractivity contribution in [2.24, 2.45) is 0 Å². The number of nitrogens with one attached hydrogen (secondary N) is 1. The minimum absolute atomic E-state index is 0. The summed E-state index contributed by atoms with van der Waals surface area (Å²) in [5.74, 6) is 1.59. The lowest BCUT2D eigenvalue weighted by Gasteiger charge is -2.26. The van der Waals surface area contributed by atoms with Gasteiger partial charge < -0.3 is 19.5 Å². The van der Waals surface area contributed by atoms with E-state index in [4.69, 9.17) is 14.2 Å². The molecule has 0 radical (unpaired) electrons. The van der Waals surface area contributed by atoms with E-state index in [1.165, 1.54) is 5.56 Å². The van der Waals surface area contributed by atoms with Gasteiger partial charge in [-0.2, -0.15) is 0 Å². The van der Waals surface area contributed by atoms with Gasteiger partial charge in [0.1, 0.15) is 0 Å². The average molecular weight is 452 g/mol. The lowest BCUT2D eigenvalue weighted by atomic mass is 10.2. The Morgan fingerprint density at radius 1 is 1.23 bits per heavy atom. The van der Waals surface area contributed by atoms with Gasteiger partial charge >= 0.3 is 0 Å². The molecule has 0 spiro atoms. The molecule has 150 valence electrons. The third-order valence-electron chi connectivity index (χ3n) is 4.29. The molecule has 0 saturated carbocycles. The first-order valence-electron chi connectivity index (χ1n) is 9.24. The Kier molecular flexibility index (Phi) is 12.3. The van der Waals surface area contributed by atoms with Crippen LogP contribution in [0.1, 0.15) is 31.7 Å². The van der Waals surface area contributed by atoms with Gasteiger partial charge in [-0.25, -0.2) is 0 Å². The van der Waals surface area contributed by atoms with Crippen LogP contribution >= 0.6 is 28.3 Å². The van der Waals surface area contributed by atoms with Crippen LogP contribution in [-0.2, 0) is 11.3 Å². The topological polar surface area (TPSA) is 43.0 Å². The largest absolute Gasteiger partial charge is 0.493 e. The number of nitrogens with zero attached hydrogens (tertiary/aromatic N) is 1. The van der Waals surface area contributed by atoms with Gasteiger partial charge in [-0.3, -0.25) is 4.90 Å². The van der Waals surface area contributed by atoms with Crippen molar-refractivity contribution >= 4 is 28.3 Å². The van der Waals surface area contributed by atoms with Crippen LogP contribution in [0, 0.1) is 0 Å². The fraction of sp³-hybridized carbons (Fsp3) is 0.684. The molecule has 1 heterocycles. The van der Waals surface area contributed by atoms with E-state index in [1.807, 2.05) is 0 Å². The molecule has 26 heavy (non-hydrogen) atoms. The molecule has 1 fully saturated rings. The normalized spacial score (nSPS) is 14.7. The van der Waals surface area contributed by atoms with Crippen LogP contribution in [0.2, 0.25) is 0 Å². The van der Waals surface area contributed by atoms with E-state index < -0.39 is 0 Å². The fourth-order valence-electron chi connectivity index (χ4n) is 2.82. The maximum Gasteiger partial charge on any atom is 0.175 e. The van der Waals surface area contributed by atoms with Crippen LogP contribution in [0.5, 0.6) is 11.5 Å². The van der Waals surface area contributed by atoms with E-state index in [-0.39, 0.29) is 12.4 Å². The van der Waals surface area contributed by atoms with Crippen molar-refractivity contribution in [3.63, 3.8) is 0 Å². The standard InChI is InChI=1S/C19H31BrN2O3.ClH/c1-3-4-10-25-19-17(20)13-16(14-18(19)23-2)15-21-6-5-7-22-8-11-24-12-9-22;/h13-14,21H,3-12,15H2,1-2H3;1H. The zero-order valence-corrected chi connectivity index (χ0v) is 18.3. The molecule has 0 aliphatic carbocycles. The smallest absolute Gasteiger partial charge is 0.175 e. The minimum Gasteiger partial charge on any atom is -0.493 e. The predicted molar refractivity (Wildman–Crippen MR) is 112 cm³/mol. The van der Waals surface area contributed by atoms with Gasteiger partial charge in [0, 0.05) is 19.6 Å². The molecule has 1 saturated heterocycles. The SMILES string of the molecule is CCCCOc1c(Br)cc(CNCCCN2CCOCC2)cc1OC.Cl. The summed E-state index contributed by atoms with van der Waals surface area (Å²) in [4.78, 5) is 2.47. The monoisotopic (exact) mass is 450 g/mol. The predicted octanol–water partition coefficient (Wildman–Crippen LogP) is 3.87. The van der Waals surface area contributed by atoms with Crippen LogP contribution in [-0.4, -0.2) is 58.0 Å². The van der Waals surface area contributed by atoms with Crippen LogP contribution in [0.3, 0.4) is 0 Å². The van der Waals surface area contributed by atoms with Crippen molar-refractivity contribution < 1.29 is 14.2 Å². The number of morpholine rings is 1. The lowest BCUT2D eigenvalue weighted by molar-refractivity contribution is 0.0374. The summed E-state index contributed by atoms with van der Waals surface area (Å²) < 4.78 is 17.7. The summed E-state index contributed by atoms with van der Waals surface area (Å²) in [6.07, 6.45) is 3.31. The number of halogens is 2. The number of ether oxygens (including phenoxy) is 3. The average Bonchev–Trinajstić information content (AvgIpc) is 2.63. The first kappa shape index (κ1) is 23.5. The molecule has 1 aromatic carbocycles. The van der Waals surface area contributed by atoms with Crippen LogP contribution in [0.25, 0.3) is 0 Å². The highest BCUT2D eigenvalue weighted by molar-refractivity contribution is 9.10. The van der Waals surface area contributed by atoms with Gasteiger partial charge in [0.15, 0.2) is 11.5 Å². The summed E-state index contributed by atoms with van der Waals surface area (Å²) >= 11 is 3.61. The molecule has 0 amide bonds. The number of hydrogen-bond acceptors (Lipinski definition) is 5. The molecule has 7 heteroatoms. The van der Waals surface area contributed by atoms with Gasteiger partial charge in [-0.1, -0.05) is 13.3 Å². The summed E-state index contributed by atoms with van der Waals surface area (Å²) in [7, 11) is 1.69. The zero-order valence-electron chi connectivity index (χ0n) is 15.9. The third-order valence-corrected chi connectivity index (χ3v) is 4.88. The molecule has 1 aliphatic rings. The van der Waals surface area contributed by atoms with Crippen molar-refractivity contribution in [3.05, 3.63) is 22.2 Å². The molecule has 5 nitrogen and oxygen atoms in total. The molecule has 0 unspecified atom stereocenters. The number of benzene rings is 1. The lowest BCUT2D eigenvalue weighted by Crippen LogP contribution is -2.37. The van der Waals surface area contributed by atoms with Gasteiger partial charge in [0.2, 0.25) is 0 Å². The molecule has 1 N–H and O–H groups in total. The van der Waals surface area contributed by atoms with E-state index in [0.717, 1.165) is 81.2 Å². The Morgan fingerprint density at radius 2 is 2.00 bits per heavy atom. The molecule has 2 rings (SSSR count). The fourth-order valence-corrected chi connectivity index (χ4v) is 3.42. The molecular weight excluding hydrogens is 420 g/mol. The molecule has 1 aromatic rings. The van der Waals surface area contributed by atoms with E-state index in [0.29, 0.717) is 6.61 Å². The van der Waals surface area contributed by atoms with E-state index in [9.17, 15) is 0 Å². The van der Waals surface area contributed by atoms with Gasteiger partial charge in [-0.05, 0) is 59.6 Å². The maximum absolute atomic E-state index is 5.86. The Balaban J connectivity index is 0.00000338. The Labute approximate surface area is 172 Å². The molecular formula is C19H32BrClN2O3. The van der Waals surface area contributed by atoms with E-state index in [2.05, 4.69) is 45.2 Å². The Bertz CT molecular complexity index is 514. The minimum atomic E-state index is 0. The highest BCUT2D eigenvalue weighted by atomic mass is 79.9. The van der Waals surface area contributed by atoms with Crippen LogP contribution in [0.4, 0.5) is 0 Å². The number of rotatable bonds is 11. The van der Waals surface area contributed by atoms with Crippen molar-refractivity contribution in [3.8, 4) is 11.5 Å². The summed E-state index contributed by atoms with van der Waals surface area (Å²) in [6.45, 7) is 9.69. The van der Waals surface area contributed by atoms with Crippen LogP contribution < -0.4 is 14.8 Å². The molecule has 0 bridgehead atoms. The quantitative estimate of drug-likeness (QED) is 0.517. The van der Waals surface area contributed by atoms with Crippen molar-refractivity contribution in [1.29, 1.82) is 0 Å². The second kappa shape index (κ2) is 13.6. The van der Waals surface area contributed by atoms with Crippen molar-refractivity contribution in [1.82, 2.24) is 10.2 Å². The van der Waals surface area contributed by atoms with Crippen molar-refractivity contribution in [2.45, 2.75) is 32.7 Å². The maximum atomic E-state index is 5.86. The highest BCUT2D eigenvalue weighted by Gasteiger charge is 2.12. The third kappa shape index (κ3) is 8.01. The summed E-state index contributed by atoms with van der Waals surface area (Å²) in [5.41, 5.74) is 1.19. The van der Waals surface area contributed by atoms with Gasteiger partial charge in [0.05, 0.1) is 31.4 Å². The molecule has 0 aromatic heterocycles. The Hall–Kier alpha value is -0.530. The first-order valence-corrected chi connectivity index (χ1v) is 10.0. The van der Waals surface area contributed by atoms with Gasteiger partial charge in [-0.15, -0.1) is 12.4 Å². The highest BCUT2D eigenvalue weighted by Crippen LogP contribution is 2.36. The van der Waals surface area contributed by atoms with Crippen LogP contribution in [0.15, 0.2) is 16.6 Å². The number of hydrogen-bond donors (Lipinski definition) is 1. The summed E-state index contributed by atoms with van der Waals surface area (Å²) in [5, 5.41) is 3.52. The number of methoxy groups -OCH3 is 1.